The van der Waals surface area contributed by atoms with Gasteiger partial charge in [-0.05, 0) is 69.7 Å². The third-order valence-corrected chi connectivity index (χ3v) is 5.99. The third kappa shape index (κ3) is 9.20. The number of nitrogens with two attached hydrogens (primary N) is 1. The van der Waals surface area contributed by atoms with Crippen molar-refractivity contribution in [3.8, 4) is 5.75 Å². The van der Waals surface area contributed by atoms with Crippen molar-refractivity contribution in [2.75, 3.05) is 29.5 Å². The number of benzene rings is 2. The first-order valence-corrected chi connectivity index (χ1v) is 13.5. The minimum Gasteiger partial charge on any atom is -0.492 e. The smallest absolute Gasteiger partial charge is 0.414 e. The van der Waals surface area contributed by atoms with Crippen LogP contribution in [-0.2, 0) is 9.53 Å². The number of carboxylic acid groups (broad SMARTS) is 1. The van der Waals surface area contributed by atoms with E-state index < -0.39 is 29.5 Å². The molecule has 0 aliphatic heterocycles. The summed E-state index contributed by atoms with van der Waals surface area (Å²) in [7, 11) is 0. The Morgan fingerprint density at radius 3 is 2.31 bits per heavy atom. The van der Waals surface area contributed by atoms with E-state index >= 15 is 0 Å². The van der Waals surface area contributed by atoms with E-state index in [0.29, 0.717) is 5.69 Å². The zero-order valence-electron chi connectivity index (χ0n) is 23.6. The van der Waals surface area contributed by atoms with Crippen molar-refractivity contribution >= 4 is 46.9 Å². The van der Waals surface area contributed by atoms with E-state index in [1.165, 1.54) is 34.1 Å². The lowest BCUT2D eigenvalue weighted by atomic mass is 10.1. The number of halogens is 1. The summed E-state index contributed by atoms with van der Waals surface area (Å²) in [5.74, 6) is -2.02. The highest BCUT2D eigenvalue weighted by Crippen LogP contribution is 2.27. The predicted octanol–water partition coefficient (Wildman–Crippen LogP) is 5.17. The maximum absolute atomic E-state index is 13.7. The molecule has 0 fully saturated rings. The molecule has 0 saturated heterocycles. The number of anilines is 2. The Balaban J connectivity index is 1.84. The van der Waals surface area contributed by atoms with Gasteiger partial charge < -0.3 is 25.2 Å². The van der Waals surface area contributed by atoms with Crippen LogP contribution in [0.3, 0.4) is 0 Å². The van der Waals surface area contributed by atoms with E-state index in [4.69, 9.17) is 31.9 Å². The van der Waals surface area contributed by atoms with Gasteiger partial charge in [-0.15, -0.1) is 0 Å². The summed E-state index contributed by atoms with van der Waals surface area (Å²) in [6, 6.07) is 14.1. The van der Waals surface area contributed by atoms with E-state index in [1.54, 1.807) is 63.5 Å². The van der Waals surface area contributed by atoms with Gasteiger partial charge in [0.2, 0.25) is 0 Å². The number of carbonyl (C=O) groups excluding carboxylic acids is 3. The lowest BCUT2D eigenvalue weighted by Crippen LogP contribution is -2.39. The van der Waals surface area contributed by atoms with Crippen LogP contribution in [-0.4, -0.2) is 59.3 Å². The van der Waals surface area contributed by atoms with Gasteiger partial charge in [0.15, 0.2) is 0 Å². The molecule has 11 nitrogen and oxygen atoms in total. The van der Waals surface area contributed by atoms with E-state index in [1.807, 2.05) is 0 Å². The number of amides is 3. The number of aromatic nitrogens is 1. The first kappa shape index (κ1) is 31.9. The number of nitrogens with zero attached hydrogens (tertiary/aromatic N) is 3. The molecular weight excluding hydrogens is 564 g/mol. The molecule has 2 aromatic carbocycles. The molecule has 0 aliphatic rings. The van der Waals surface area contributed by atoms with Crippen molar-refractivity contribution in [3.63, 3.8) is 0 Å². The summed E-state index contributed by atoms with van der Waals surface area (Å²) >= 11 is 6.34. The minimum absolute atomic E-state index is 0.00884. The van der Waals surface area contributed by atoms with Gasteiger partial charge in [-0.1, -0.05) is 23.7 Å². The van der Waals surface area contributed by atoms with Crippen LogP contribution in [0.1, 0.15) is 54.3 Å². The average Bonchev–Trinajstić information content (AvgIpc) is 2.92. The first-order chi connectivity index (χ1) is 19.9. The number of primary amides is 1. The fourth-order valence-electron chi connectivity index (χ4n) is 3.98. The number of hydrogen-bond donors (Lipinski definition) is 2. The van der Waals surface area contributed by atoms with Crippen LogP contribution in [0.4, 0.5) is 16.2 Å². The maximum Gasteiger partial charge on any atom is 0.414 e. The van der Waals surface area contributed by atoms with Crippen LogP contribution in [0.5, 0.6) is 5.75 Å². The highest BCUT2D eigenvalue weighted by atomic mass is 35.5. The number of hydrogen-bond acceptors (Lipinski definition) is 7. The lowest BCUT2D eigenvalue weighted by Gasteiger charge is -2.27. The Kier molecular flexibility index (Phi) is 10.9. The molecule has 1 heterocycles. The molecule has 0 spiro atoms. The Labute approximate surface area is 248 Å². The molecule has 3 aromatic rings. The number of pyridine rings is 1. The second-order valence-corrected chi connectivity index (χ2v) is 10.6. The van der Waals surface area contributed by atoms with Crippen LogP contribution in [0.25, 0.3) is 0 Å². The highest BCUT2D eigenvalue weighted by Gasteiger charge is 2.25. The van der Waals surface area contributed by atoms with E-state index in [9.17, 15) is 19.2 Å². The quantitative estimate of drug-likeness (QED) is 0.290. The van der Waals surface area contributed by atoms with Gasteiger partial charge >= 0.3 is 12.1 Å². The van der Waals surface area contributed by atoms with Crippen LogP contribution in [0.15, 0.2) is 67.0 Å². The molecule has 3 N–H and O–H groups in total. The van der Waals surface area contributed by atoms with Crippen LogP contribution in [0.2, 0.25) is 5.02 Å². The average molecular weight is 597 g/mol. The second kappa shape index (κ2) is 14.3. The van der Waals surface area contributed by atoms with E-state index in [0.717, 1.165) is 0 Å². The van der Waals surface area contributed by atoms with Gasteiger partial charge in [0.1, 0.15) is 18.0 Å². The summed E-state index contributed by atoms with van der Waals surface area (Å²) in [5, 5.41) is 9.32. The Morgan fingerprint density at radius 2 is 1.67 bits per heavy atom. The summed E-state index contributed by atoms with van der Waals surface area (Å²) in [6.45, 7) is 5.45. The normalized spacial score (nSPS) is 11.0. The fraction of sp³-hybridized carbons (Fsp3) is 0.300. The Hall–Kier alpha value is -4.64. The SMILES string of the molecule is CC(C)(C)OC(=O)N(CCOc1cc(Cl)cc(C(=O)N(CCCC(=O)O)c2ccccc2C(N)=O)c1)c1ccncc1. The molecule has 12 heteroatoms. The number of para-hydroxylation sites is 1. The van der Waals surface area contributed by atoms with E-state index in [2.05, 4.69) is 4.98 Å². The molecule has 0 bridgehead atoms. The molecule has 3 rings (SSSR count). The van der Waals surface area contributed by atoms with Gasteiger partial charge in [-0.2, -0.15) is 0 Å². The van der Waals surface area contributed by atoms with Crippen molar-refractivity contribution in [2.45, 2.75) is 39.2 Å². The van der Waals surface area contributed by atoms with Crippen molar-refractivity contribution in [3.05, 3.63) is 83.1 Å². The second-order valence-electron chi connectivity index (χ2n) is 10.2. The third-order valence-electron chi connectivity index (χ3n) is 5.77. The molecule has 0 unspecified atom stereocenters. The van der Waals surface area contributed by atoms with Gasteiger partial charge in [0.25, 0.3) is 11.8 Å². The van der Waals surface area contributed by atoms with Crippen LogP contribution >= 0.6 is 11.6 Å². The maximum atomic E-state index is 13.7. The number of aliphatic carboxylic acids is 1. The van der Waals surface area contributed by atoms with Crippen LogP contribution < -0.4 is 20.3 Å². The number of rotatable bonds is 12. The molecule has 3 amide bonds. The zero-order chi connectivity index (χ0) is 30.9. The fourth-order valence-corrected chi connectivity index (χ4v) is 4.21. The van der Waals surface area contributed by atoms with Crippen molar-refractivity contribution in [1.29, 1.82) is 0 Å². The number of carbonyl (C=O) groups is 4. The molecule has 0 radical (unpaired) electrons. The Bertz CT molecular complexity index is 1430. The molecule has 0 aliphatic carbocycles. The largest absolute Gasteiger partial charge is 0.492 e. The van der Waals surface area contributed by atoms with Crippen LogP contribution in [0, 0.1) is 0 Å². The van der Waals surface area contributed by atoms with Crippen molar-refractivity contribution < 1.29 is 33.8 Å². The topological polar surface area (TPSA) is 152 Å². The monoisotopic (exact) mass is 596 g/mol. The van der Waals surface area contributed by atoms with Gasteiger partial charge in [-0.3, -0.25) is 24.3 Å². The molecule has 222 valence electrons. The van der Waals surface area contributed by atoms with Gasteiger partial charge in [0.05, 0.1) is 23.5 Å². The predicted molar refractivity (Wildman–Crippen MR) is 158 cm³/mol. The van der Waals surface area contributed by atoms with Crippen molar-refractivity contribution in [2.24, 2.45) is 5.73 Å². The summed E-state index contributed by atoms with van der Waals surface area (Å²) in [5.41, 5.74) is 5.89. The summed E-state index contributed by atoms with van der Waals surface area (Å²) in [6.07, 6.45) is 2.50. The number of carboxylic acids is 1. The van der Waals surface area contributed by atoms with Gasteiger partial charge in [0, 0.05) is 35.9 Å². The Morgan fingerprint density at radius 1 is 0.976 bits per heavy atom. The molecule has 1 aromatic heterocycles. The zero-order valence-corrected chi connectivity index (χ0v) is 24.3. The molecule has 42 heavy (non-hydrogen) atoms. The molecule has 0 atom stereocenters. The standard InChI is InChI=1S/C30H33ClN4O7/c1-30(2,3)42-29(40)34(22-10-12-33-13-11-22)15-16-41-23-18-20(17-21(31)19-23)28(39)35(14-6-9-26(36)37)25-8-5-4-7-24(25)27(32)38/h4-5,7-8,10-13,17-19H,6,9,14-16H2,1-3H3,(H2,32,38)(H,36,37). The summed E-state index contributed by atoms with van der Waals surface area (Å²) < 4.78 is 11.4. The van der Waals surface area contributed by atoms with E-state index in [-0.39, 0.29) is 60.1 Å². The van der Waals surface area contributed by atoms with Crippen molar-refractivity contribution in [1.82, 2.24) is 4.98 Å². The molecule has 0 saturated carbocycles. The highest BCUT2D eigenvalue weighted by molar-refractivity contribution is 6.31. The molecular formula is C30H33ClN4O7. The summed E-state index contributed by atoms with van der Waals surface area (Å²) in [4.78, 5) is 56.5. The van der Waals surface area contributed by atoms with Gasteiger partial charge in [-0.25, -0.2) is 4.79 Å². The minimum atomic E-state index is -1.02. The lowest BCUT2D eigenvalue weighted by molar-refractivity contribution is -0.137. The number of ether oxygens (including phenoxy) is 2. The first-order valence-electron chi connectivity index (χ1n) is 13.1.